The molecular weight excluding hydrogens is 484 g/mol. The number of nitrogens with zero attached hydrogens (tertiary/aromatic N) is 2. The number of hydrogen-bond donors (Lipinski definition) is 0. The van der Waals surface area contributed by atoms with Gasteiger partial charge in [0.25, 0.3) is 11.4 Å². The molecule has 2 fully saturated rings. The number of nitro groups is 2. The van der Waals surface area contributed by atoms with Crippen LogP contribution >= 0.6 is 0 Å². The van der Waals surface area contributed by atoms with Crippen molar-refractivity contribution < 1.29 is 19.4 Å². The molecule has 0 atom stereocenters. The minimum absolute atomic E-state index is 0.233. The molecule has 0 aliphatic heterocycles. The molecule has 204 valence electrons. The maximum absolute atomic E-state index is 12.6. The van der Waals surface area contributed by atoms with E-state index in [-0.39, 0.29) is 5.56 Å². The number of ether oxygens (including phenoxy) is 1. The number of nitro benzene ring substituents is 2. The monoisotopic (exact) mass is 522 g/mol. The minimum Gasteiger partial charge on any atom is -0.423 e. The number of hydrogen-bond acceptors (Lipinski definition) is 6. The SMILES string of the molecule is CCCCCC1CCC(C2CCC(c3ccc(OC(=O)c4cc([N+](=O)[O-])cc([N+](=O)[O-])c4)cc3)CC2)CC1. The van der Waals surface area contributed by atoms with Gasteiger partial charge in [-0.1, -0.05) is 57.6 Å². The summed E-state index contributed by atoms with van der Waals surface area (Å²) in [7, 11) is 0. The molecule has 0 amide bonds. The van der Waals surface area contributed by atoms with Gasteiger partial charge in [0.05, 0.1) is 21.5 Å². The fourth-order valence-corrected chi connectivity index (χ4v) is 6.45. The lowest BCUT2D eigenvalue weighted by Crippen LogP contribution is -2.25. The number of rotatable bonds is 10. The molecule has 0 spiro atoms. The van der Waals surface area contributed by atoms with Crippen LogP contribution in [0.1, 0.15) is 106 Å². The molecule has 8 nitrogen and oxygen atoms in total. The lowest BCUT2D eigenvalue weighted by Gasteiger charge is -2.38. The van der Waals surface area contributed by atoms with Crippen molar-refractivity contribution in [1.29, 1.82) is 0 Å². The number of unbranched alkanes of at least 4 members (excludes halogenated alkanes) is 2. The summed E-state index contributed by atoms with van der Waals surface area (Å²) in [4.78, 5) is 33.2. The average molecular weight is 523 g/mol. The van der Waals surface area contributed by atoms with Crippen molar-refractivity contribution in [2.75, 3.05) is 0 Å². The van der Waals surface area contributed by atoms with Gasteiger partial charge in [-0.25, -0.2) is 4.79 Å². The predicted molar refractivity (Wildman–Crippen MR) is 145 cm³/mol. The second-order valence-corrected chi connectivity index (χ2v) is 11.1. The molecule has 0 aromatic heterocycles. The van der Waals surface area contributed by atoms with Gasteiger partial charge in [0.15, 0.2) is 0 Å². The van der Waals surface area contributed by atoms with E-state index in [0.717, 1.165) is 36.0 Å². The first-order chi connectivity index (χ1) is 18.3. The molecule has 2 aliphatic rings. The Labute approximate surface area is 224 Å². The van der Waals surface area contributed by atoms with E-state index in [4.69, 9.17) is 4.74 Å². The largest absolute Gasteiger partial charge is 0.423 e. The van der Waals surface area contributed by atoms with E-state index in [9.17, 15) is 25.0 Å². The van der Waals surface area contributed by atoms with Crippen LogP contribution in [-0.2, 0) is 0 Å². The summed E-state index contributed by atoms with van der Waals surface area (Å²) >= 11 is 0. The summed E-state index contributed by atoms with van der Waals surface area (Å²) in [5.74, 6) is 2.63. The third kappa shape index (κ3) is 7.17. The van der Waals surface area contributed by atoms with Crippen molar-refractivity contribution in [2.45, 2.75) is 89.9 Å². The highest BCUT2D eigenvalue weighted by Gasteiger charge is 2.31. The first-order valence-corrected chi connectivity index (χ1v) is 14.1. The van der Waals surface area contributed by atoms with Crippen molar-refractivity contribution in [3.8, 4) is 5.75 Å². The molecule has 38 heavy (non-hydrogen) atoms. The topological polar surface area (TPSA) is 113 Å². The van der Waals surface area contributed by atoms with Gasteiger partial charge in [-0.05, 0) is 79.9 Å². The number of non-ortho nitro benzene ring substituents is 2. The normalized spacial score (nSPS) is 23.5. The highest BCUT2D eigenvalue weighted by molar-refractivity contribution is 5.92. The van der Waals surface area contributed by atoms with Crippen LogP contribution in [0.5, 0.6) is 5.75 Å². The van der Waals surface area contributed by atoms with Gasteiger partial charge in [0, 0.05) is 12.1 Å². The van der Waals surface area contributed by atoms with Crippen LogP contribution in [0.25, 0.3) is 0 Å². The molecule has 0 radical (unpaired) electrons. The maximum Gasteiger partial charge on any atom is 0.344 e. The maximum atomic E-state index is 12.6. The van der Waals surface area contributed by atoms with Crippen molar-refractivity contribution in [1.82, 2.24) is 0 Å². The first kappa shape index (κ1) is 27.7. The van der Waals surface area contributed by atoms with Crippen LogP contribution in [-0.4, -0.2) is 15.8 Å². The standard InChI is InChI=1S/C30H38N2O6/c1-2-3-4-5-21-6-8-22(9-7-21)23-10-12-24(13-11-23)25-14-16-29(17-15-25)38-30(33)26-18-27(31(34)35)20-28(19-26)32(36)37/h14-24H,2-13H2,1H3. The van der Waals surface area contributed by atoms with Gasteiger partial charge in [-0.15, -0.1) is 0 Å². The molecule has 0 heterocycles. The summed E-state index contributed by atoms with van der Waals surface area (Å²) in [6.45, 7) is 2.27. The average Bonchev–Trinajstić information content (AvgIpc) is 2.94. The van der Waals surface area contributed by atoms with Crippen LogP contribution in [0.3, 0.4) is 0 Å². The van der Waals surface area contributed by atoms with E-state index in [0.29, 0.717) is 11.7 Å². The summed E-state index contributed by atoms with van der Waals surface area (Å²) in [6.07, 6.45) is 16.0. The Bertz CT molecular complexity index is 1080. The zero-order valence-corrected chi connectivity index (χ0v) is 22.2. The highest BCUT2D eigenvalue weighted by Crippen LogP contribution is 2.44. The number of carbonyl (C=O) groups is 1. The summed E-state index contributed by atoms with van der Waals surface area (Å²) < 4.78 is 5.36. The second kappa shape index (κ2) is 13.0. The van der Waals surface area contributed by atoms with Crippen LogP contribution in [0, 0.1) is 38.0 Å². The van der Waals surface area contributed by atoms with Crippen LogP contribution < -0.4 is 4.74 Å². The lowest BCUT2D eigenvalue weighted by atomic mass is 9.68. The van der Waals surface area contributed by atoms with Gasteiger partial charge in [0.1, 0.15) is 5.75 Å². The quantitative estimate of drug-likeness (QED) is 0.102. The lowest BCUT2D eigenvalue weighted by molar-refractivity contribution is -0.394. The number of benzene rings is 2. The van der Waals surface area contributed by atoms with Gasteiger partial charge in [-0.3, -0.25) is 20.2 Å². The molecule has 2 aliphatic carbocycles. The van der Waals surface area contributed by atoms with Crippen molar-refractivity contribution >= 4 is 17.3 Å². The summed E-state index contributed by atoms with van der Waals surface area (Å²) in [5, 5.41) is 22.2. The zero-order chi connectivity index (χ0) is 27.1. The third-order valence-corrected chi connectivity index (χ3v) is 8.67. The van der Waals surface area contributed by atoms with Crippen LogP contribution in [0.15, 0.2) is 42.5 Å². The van der Waals surface area contributed by atoms with Gasteiger partial charge >= 0.3 is 5.97 Å². The van der Waals surface area contributed by atoms with E-state index in [1.807, 2.05) is 12.1 Å². The van der Waals surface area contributed by atoms with Crippen LogP contribution in [0.4, 0.5) is 11.4 Å². The van der Waals surface area contributed by atoms with Gasteiger partial charge in [0.2, 0.25) is 0 Å². The first-order valence-electron chi connectivity index (χ1n) is 14.1. The molecular formula is C30H38N2O6. The Kier molecular flexibility index (Phi) is 9.48. The third-order valence-electron chi connectivity index (χ3n) is 8.67. The van der Waals surface area contributed by atoms with Gasteiger partial charge < -0.3 is 4.74 Å². The van der Waals surface area contributed by atoms with E-state index in [1.54, 1.807) is 12.1 Å². The second-order valence-electron chi connectivity index (χ2n) is 11.1. The highest BCUT2D eigenvalue weighted by atomic mass is 16.6. The smallest absolute Gasteiger partial charge is 0.344 e. The fourth-order valence-electron chi connectivity index (χ4n) is 6.45. The number of carbonyl (C=O) groups excluding carboxylic acids is 1. The van der Waals surface area contributed by atoms with E-state index in [1.165, 1.54) is 82.6 Å². The van der Waals surface area contributed by atoms with E-state index < -0.39 is 27.2 Å². The van der Waals surface area contributed by atoms with E-state index in [2.05, 4.69) is 6.92 Å². The molecule has 2 aromatic rings. The number of esters is 1. The Morgan fingerprint density at radius 2 is 1.37 bits per heavy atom. The minimum atomic E-state index is -0.870. The predicted octanol–water partition coefficient (Wildman–Crippen LogP) is 8.38. The summed E-state index contributed by atoms with van der Waals surface area (Å²) in [6, 6.07) is 10.2. The summed E-state index contributed by atoms with van der Waals surface area (Å²) in [5.41, 5.74) is -0.0635. The Balaban J connectivity index is 1.28. The molecule has 2 aromatic carbocycles. The van der Waals surface area contributed by atoms with Crippen molar-refractivity contribution in [2.24, 2.45) is 17.8 Å². The Morgan fingerprint density at radius 1 is 0.816 bits per heavy atom. The molecule has 0 N–H and O–H groups in total. The fraction of sp³-hybridized carbons (Fsp3) is 0.567. The van der Waals surface area contributed by atoms with Gasteiger partial charge in [-0.2, -0.15) is 0 Å². The molecule has 0 unspecified atom stereocenters. The molecule has 0 bridgehead atoms. The van der Waals surface area contributed by atoms with Crippen molar-refractivity contribution in [3.63, 3.8) is 0 Å². The van der Waals surface area contributed by atoms with Crippen molar-refractivity contribution in [3.05, 3.63) is 73.8 Å². The molecule has 2 saturated carbocycles. The Hall–Kier alpha value is -3.29. The van der Waals surface area contributed by atoms with Crippen LogP contribution in [0.2, 0.25) is 0 Å². The molecule has 0 saturated heterocycles. The molecule has 4 rings (SSSR count). The van der Waals surface area contributed by atoms with E-state index >= 15 is 0 Å². The Morgan fingerprint density at radius 3 is 1.89 bits per heavy atom. The zero-order valence-electron chi connectivity index (χ0n) is 22.2. The molecule has 8 heteroatoms.